The first-order chi connectivity index (χ1) is 8.72. The minimum atomic E-state index is 0.0965. The van der Waals surface area contributed by atoms with Crippen molar-refractivity contribution in [3.63, 3.8) is 0 Å². The molecule has 3 rings (SSSR count). The summed E-state index contributed by atoms with van der Waals surface area (Å²) in [4.78, 5) is 13.0. The third kappa shape index (κ3) is 2.52. The van der Waals surface area contributed by atoms with Crippen molar-refractivity contribution in [3.8, 4) is 0 Å². The normalized spacial score (nSPS) is 30.9. The van der Waals surface area contributed by atoms with E-state index in [0.29, 0.717) is 11.3 Å². The van der Waals surface area contributed by atoms with Crippen molar-refractivity contribution < 1.29 is 4.79 Å². The van der Waals surface area contributed by atoms with Gasteiger partial charge in [0.1, 0.15) is 0 Å². The second-order valence-electron chi connectivity index (χ2n) is 5.06. The smallest absolute Gasteiger partial charge is 0.257 e. The fraction of sp³-hybridized carbons (Fsp3) is 0.500. The highest BCUT2D eigenvalue weighted by molar-refractivity contribution is 8.05. The Balaban J connectivity index is 1.65. The molecule has 4 heteroatoms. The molecule has 2 atom stereocenters. The van der Waals surface area contributed by atoms with E-state index in [2.05, 4.69) is 11.4 Å². The molecule has 96 valence electrons. The topological polar surface area (TPSA) is 29.1 Å². The zero-order valence-electron chi connectivity index (χ0n) is 10.1. The van der Waals surface area contributed by atoms with E-state index in [1.165, 1.54) is 12.8 Å². The number of carbonyl (C=O) groups is 1. The van der Waals surface area contributed by atoms with E-state index in [1.54, 1.807) is 11.8 Å². The Bertz CT molecular complexity index is 449. The van der Waals surface area contributed by atoms with Crippen LogP contribution in [0.1, 0.15) is 25.7 Å². The highest BCUT2D eigenvalue weighted by atomic mass is 35.5. The number of rotatable bonds is 2. The van der Waals surface area contributed by atoms with Crippen LogP contribution < -0.4 is 5.32 Å². The average molecular weight is 282 g/mol. The Morgan fingerprint density at radius 1 is 1.33 bits per heavy atom. The molecule has 18 heavy (non-hydrogen) atoms. The second kappa shape index (κ2) is 5.14. The molecule has 1 N–H and O–H groups in total. The number of thioether (sulfide) groups is 1. The number of halogens is 1. The molecule has 2 unspecified atom stereocenters. The average Bonchev–Trinajstić information content (AvgIpc) is 2.96. The molecule has 0 radical (unpaired) electrons. The monoisotopic (exact) mass is 281 g/mol. The first-order valence-corrected chi connectivity index (χ1v) is 7.73. The first-order valence-electron chi connectivity index (χ1n) is 6.47. The zero-order chi connectivity index (χ0) is 12.5. The zero-order valence-corrected chi connectivity index (χ0v) is 11.6. The first kappa shape index (κ1) is 12.4. The van der Waals surface area contributed by atoms with Gasteiger partial charge in [0.15, 0.2) is 0 Å². The molecule has 0 saturated heterocycles. The van der Waals surface area contributed by atoms with Crippen LogP contribution in [0.3, 0.4) is 0 Å². The number of allylic oxidation sites excluding steroid dienone is 4. The number of hydrogen-bond donors (Lipinski definition) is 1. The van der Waals surface area contributed by atoms with Crippen molar-refractivity contribution in [2.75, 3.05) is 0 Å². The van der Waals surface area contributed by atoms with Gasteiger partial charge in [0.05, 0.1) is 4.91 Å². The lowest BCUT2D eigenvalue weighted by molar-refractivity contribution is -0.117. The summed E-state index contributed by atoms with van der Waals surface area (Å²) in [7, 11) is 0. The van der Waals surface area contributed by atoms with E-state index in [0.717, 1.165) is 22.8 Å². The fourth-order valence-electron chi connectivity index (χ4n) is 2.73. The van der Waals surface area contributed by atoms with Crippen LogP contribution in [0.4, 0.5) is 0 Å². The maximum absolute atomic E-state index is 12.1. The summed E-state index contributed by atoms with van der Waals surface area (Å²) < 4.78 is 0. The molecule has 2 aliphatic carbocycles. The van der Waals surface area contributed by atoms with E-state index in [4.69, 9.17) is 11.6 Å². The van der Waals surface area contributed by atoms with Gasteiger partial charge in [-0.2, -0.15) is 0 Å². The molecule has 0 aromatic carbocycles. The lowest BCUT2D eigenvalue weighted by atomic mass is 10.00. The number of fused-ring (bicyclic) bond motifs is 1. The molecular formula is C14H16ClNOS. The number of carbonyl (C=O) groups excluding carboxylic acids is 1. The Morgan fingerprint density at radius 2 is 2.11 bits per heavy atom. The van der Waals surface area contributed by atoms with E-state index < -0.39 is 0 Å². The molecule has 2 nitrogen and oxygen atoms in total. The van der Waals surface area contributed by atoms with Crippen LogP contribution in [0.25, 0.3) is 0 Å². The summed E-state index contributed by atoms with van der Waals surface area (Å²) in [5.41, 5.74) is 0. The number of hydrogen-bond acceptors (Lipinski definition) is 2. The quantitative estimate of drug-likeness (QED) is 0.841. The summed E-state index contributed by atoms with van der Waals surface area (Å²) in [6, 6.07) is 0.385. The van der Waals surface area contributed by atoms with Gasteiger partial charge in [-0.1, -0.05) is 42.7 Å². The summed E-state index contributed by atoms with van der Waals surface area (Å²) in [6.07, 6.45) is 12.8. The maximum atomic E-state index is 12.1. The molecule has 1 fully saturated rings. The summed E-state index contributed by atoms with van der Waals surface area (Å²) in [6.45, 7) is 0. The Hall–Kier alpha value is -0.670. The van der Waals surface area contributed by atoms with Crippen molar-refractivity contribution in [3.05, 3.63) is 34.2 Å². The Morgan fingerprint density at radius 3 is 2.89 bits per heavy atom. The molecule has 1 saturated carbocycles. The van der Waals surface area contributed by atoms with Crippen LogP contribution in [-0.2, 0) is 4.79 Å². The lowest BCUT2D eigenvalue weighted by Gasteiger charge is -2.15. The van der Waals surface area contributed by atoms with Gasteiger partial charge in [0.2, 0.25) is 0 Å². The summed E-state index contributed by atoms with van der Waals surface area (Å²) in [5.74, 6) is 0.371. The largest absolute Gasteiger partial charge is 0.349 e. The van der Waals surface area contributed by atoms with Gasteiger partial charge in [-0.3, -0.25) is 4.79 Å². The molecule has 1 aliphatic heterocycles. The van der Waals surface area contributed by atoms with Crippen LogP contribution >= 0.6 is 23.4 Å². The predicted octanol–water partition coefficient (Wildman–Crippen LogP) is 3.35. The van der Waals surface area contributed by atoms with Gasteiger partial charge in [-0.15, -0.1) is 11.8 Å². The van der Waals surface area contributed by atoms with Crippen LogP contribution in [0.15, 0.2) is 34.2 Å². The fourth-order valence-corrected chi connectivity index (χ4v) is 4.11. The van der Waals surface area contributed by atoms with Gasteiger partial charge in [-0.05, 0) is 18.9 Å². The van der Waals surface area contributed by atoms with Crippen LogP contribution in [0.5, 0.6) is 0 Å². The second-order valence-corrected chi connectivity index (χ2v) is 6.71. The molecular weight excluding hydrogens is 266 g/mol. The van der Waals surface area contributed by atoms with Gasteiger partial charge in [0, 0.05) is 22.2 Å². The Labute approximate surface area is 117 Å². The van der Waals surface area contributed by atoms with Gasteiger partial charge in [-0.25, -0.2) is 0 Å². The molecule has 1 heterocycles. The van der Waals surface area contributed by atoms with Crippen molar-refractivity contribution >= 4 is 29.3 Å². The molecule has 0 spiro atoms. The van der Waals surface area contributed by atoms with Crippen LogP contribution in [0, 0.1) is 5.92 Å². The molecule has 0 aromatic rings. The van der Waals surface area contributed by atoms with E-state index >= 15 is 0 Å². The predicted molar refractivity (Wildman–Crippen MR) is 76.4 cm³/mol. The highest BCUT2D eigenvalue weighted by Crippen LogP contribution is 2.41. The van der Waals surface area contributed by atoms with Gasteiger partial charge >= 0.3 is 0 Å². The number of amides is 1. The van der Waals surface area contributed by atoms with Gasteiger partial charge in [0.25, 0.3) is 5.91 Å². The maximum Gasteiger partial charge on any atom is 0.257 e. The molecule has 0 bridgehead atoms. The summed E-state index contributed by atoms with van der Waals surface area (Å²) in [5, 5.41) is 4.25. The SMILES string of the molecule is O=C(NC1CCCC1)C1=CC2C=C(Cl)C=CC2S1. The highest BCUT2D eigenvalue weighted by Gasteiger charge is 2.31. The molecule has 3 aliphatic rings. The molecule has 1 amide bonds. The van der Waals surface area contributed by atoms with Crippen LogP contribution in [0.2, 0.25) is 0 Å². The van der Waals surface area contributed by atoms with E-state index in [-0.39, 0.29) is 11.8 Å². The van der Waals surface area contributed by atoms with E-state index in [9.17, 15) is 4.79 Å². The third-order valence-electron chi connectivity index (χ3n) is 3.70. The Kier molecular flexibility index (Phi) is 3.53. The minimum Gasteiger partial charge on any atom is -0.349 e. The van der Waals surface area contributed by atoms with Crippen molar-refractivity contribution in [1.29, 1.82) is 0 Å². The standard InChI is InChI=1S/C14H16ClNOS/c15-10-5-6-12-9(7-10)8-13(18-12)14(17)16-11-3-1-2-4-11/h5-9,11-12H,1-4H2,(H,16,17). The van der Waals surface area contributed by atoms with Crippen molar-refractivity contribution in [2.45, 2.75) is 37.0 Å². The minimum absolute atomic E-state index is 0.0965. The van der Waals surface area contributed by atoms with Crippen molar-refractivity contribution in [2.24, 2.45) is 5.92 Å². The third-order valence-corrected chi connectivity index (χ3v) is 5.27. The van der Waals surface area contributed by atoms with E-state index in [1.807, 2.05) is 18.2 Å². The van der Waals surface area contributed by atoms with Crippen LogP contribution in [-0.4, -0.2) is 17.2 Å². The van der Waals surface area contributed by atoms with Crippen molar-refractivity contribution in [1.82, 2.24) is 5.32 Å². The number of nitrogens with one attached hydrogen (secondary N) is 1. The molecule has 0 aromatic heterocycles. The summed E-state index contributed by atoms with van der Waals surface area (Å²) >= 11 is 7.63. The van der Waals surface area contributed by atoms with Gasteiger partial charge < -0.3 is 5.32 Å². The lowest BCUT2D eigenvalue weighted by Crippen LogP contribution is -2.32.